The Morgan fingerprint density at radius 3 is 2.82 bits per heavy atom. The minimum absolute atomic E-state index is 0.0765. The lowest BCUT2D eigenvalue weighted by Crippen LogP contribution is -2.35. The number of methoxy groups -OCH3 is 2. The minimum Gasteiger partial charge on any atom is -0.497 e. The molecule has 3 heterocycles. The molecule has 4 rings (SSSR count). The van der Waals surface area contributed by atoms with Crippen molar-refractivity contribution in [2.45, 2.75) is 19.5 Å². The zero-order chi connectivity index (χ0) is 19.5. The van der Waals surface area contributed by atoms with Gasteiger partial charge >= 0.3 is 0 Å². The average Bonchev–Trinajstić information content (AvgIpc) is 2.74. The molecule has 1 aromatic carbocycles. The standard InChI is InChI=1S/C21H22N4O3/c1-27-15-7-6-14(19(11-15)28-2)12-25-10-8-16-18(13-25)23-20(24-21(16)26)17-5-3-4-9-22-17/h3-7,9,11H,8,10,12-13H2,1-2H3,(H,23,24,26). The zero-order valence-electron chi connectivity index (χ0n) is 15.9. The SMILES string of the molecule is COc1ccc(CN2CCc3c(nc(-c4ccccn4)[nH]c3=O)C2)c(OC)c1. The van der Waals surface area contributed by atoms with E-state index in [0.29, 0.717) is 31.0 Å². The van der Waals surface area contributed by atoms with Gasteiger partial charge in [-0.3, -0.25) is 14.7 Å². The molecule has 0 saturated heterocycles. The molecule has 1 aliphatic rings. The highest BCUT2D eigenvalue weighted by Crippen LogP contribution is 2.27. The fourth-order valence-electron chi connectivity index (χ4n) is 3.48. The molecule has 0 bridgehead atoms. The number of fused-ring (bicyclic) bond motifs is 1. The number of hydrogen-bond acceptors (Lipinski definition) is 6. The van der Waals surface area contributed by atoms with Crippen molar-refractivity contribution in [3.8, 4) is 23.0 Å². The summed E-state index contributed by atoms with van der Waals surface area (Å²) in [6, 6.07) is 11.4. The second-order valence-corrected chi connectivity index (χ2v) is 6.69. The third-order valence-electron chi connectivity index (χ3n) is 4.95. The molecule has 0 radical (unpaired) electrons. The van der Waals surface area contributed by atoms with Gasteiger partial charge in [-0.25, -0.2) is 4.98 Å². The smallest absolute Gasteiger partial charge is 0.254 e. The Kier molecular flexibility index (Phi) is 5.08. The Balaban J connectivity index is 1.59. The van der Waals surface area contributed by atoms with E-state index in [1.807, 2.05) is 36.4 Å². The molecule has 28 heavy (non-hydrogen) atoms. The number of ether oxygens (including phenoxy) is 2. The monoisotopic (exact) mass is 378 g/mol. The van der Waals surface area contributed by atoms with Gasteiger partial charge < -0.3 is 14.5 Å². The molecular weight excluding hydrogens is 356 g/mol. The number of pyridine rings is 1. The van der Waals surface area contributed by atoms with Gasteiger partial charge in [0.25, 0.3) is 5.56 Å². The Bertz CT molecular complexity index is 1030. The fraction of sp³-hybridized carbons (Fsp3) is 0.286. The lowest BCUT2D eigenvalue weighted by molar-refractivity contribution is 0.237. The molecule has 0 amide bonds. The Morgan fingerprint density at radius 1 is 1.18 bits per heavy atom. The van der Waals surface area contributed by atoms with E-state index >= 15 is 0 Å². The molecule has 0 fully saturated rings. The maximum Gasteiger partial charge on any atom is 0.254 e. The van der Waals surface area contributed by atoms with Crippen LogP contribution < -0.4 is 15.0 Å². The van der Waals surface area contributed by atoms with E-state index in [4.69, 9.17) is 14.5 Å². The highest BCUT2D eigenvalue weighted by atomic mass is 16.5. The van der Waals surface area contributed by atoms with Crippen LogP contribution in [0.1, 0.15) is 16.8 Å². The second-order valence-electron chi connectivity index (χ2n) is 6.69. The summed E-state index contributed by atoms with van der Waals surface area (Å²) in [5, 5.41) is 0. The summed E-state index contributed by atoms with van der Waals surface area (Å²) in [5.74, 6) is 2.06. The molecule has 7 nitrogen and oxygen atoms in total. The highest BCUT2D eigenvalue weighted by molar-refractivity contribution is 5.49. The molecule has 7 heteroatoms. The van der Waals surface area contributed by atoms with Gasteiger partial charge in [-0.2, -0.15) is 0 Å². The van der Waals surface area contributed by atoms with Crippen LogP contribution in [-0.2, 0) is 19.5 Å². The van der Waals surface area contributed by atoms with Crippen LogP contribution in [0.4, 0.5) is 0 Å². The van der Waals surface area contributed by atoms with Crippen molar-refractivity contribution in [1.82, 2.24) is 19.9 Å². The molecule has 0 unspecified atom stereocenters. The summed E-state index contributed by atoms with van der Waals surface area (Å²) < 4.78 is 10.8. The second kappa shape index (κ2) is 7.82. The van der Waals surface area contributed by atoms with E-state index in [2.05, 4.69) is 14.9 Å². The number of H-pyrrole nitrogens is 1. The minimum atomic E-state index is -0.0765. The Labute approximate surface area is 163 Å². The van der Waals surface area contributed by atoms with Gasteiger partial charge in [0.05, 0.1) is 19.9 Å². The summed E-state index contributed by atoms with van der Waals surface area (Å²) in [5.41, 5.74) is 3.23. The van der Waals surface area contributed by atoms with Crippen LogP contribution >= 0.6 is 0 Å². The van der Waals surface area contributed by atoms with Gasteiger partial charge in [-0.05, 0) is 24.6 Å². The van der Waals surface area contributed by atoms with Crippen molar-refractivity contribution in [1.29, 1.82) is 0 Å². The number of hydrogen-bond donors (Lipinski definition) is 1. The van der Waals surface area contributed by atoms with E-state index in [1.54, 1.807) is 20.4 Å². The quantitative estimate of drug-likeness (QED) is 0.734. The Morgan fingerprint density at radius 2 is 2.07 bits per heavy atom. The van der Waals surface area contributed by atoms with Gasteiger partial charge in [0.2, 0.25) is 0 Å². The lowest BCUT2D eigenvalue weighted by atomic mass is 10.0. The number of nitrogens with zero attached hydrogens (tertiary/aromatic N) is 3. The van der Waals surface area contributed by atoms with Crippen molar-refractivity contribution >= 4 is 0 Å². The molecule has 0 aliphatic carbocycles. The normalized spacial score (nSPS) is 13.8. The van der Waals surface area contributed by atoms with E-state index in [-0.39, 0.29) is 5.56 Å². The summed E-state index contributed by atoms with van der Waals surface area (Å²) >= 11 is 0. The largest absolute Gasteiger partial charge is 0.497 e. The van der Waals surface area contributed by atoms with Crippen molar-refractivity contribution in [3.05, 3.63) is 69.8 Å². The molecule has 0 saturated carbocycles. The van der Waals surface area contributed by atoms with Crippen molar-refractivity contribution in [2.24, 2.45) is 0 Å². The van der Waals surface area contributed by atoms with Gasteiger partial charge in [0.1, 0.15) is 17.2 Å². The maximum atomic E-state index is 12.5. The first kappa shape index (κ1) is 18.2. The number of benzene rings is 1. The molecule has 3 aromatic rings. The molecule has 0 atom stereocenters. The van der Waals surface area contributed by atoms with Gasteiger partial charge in [0.15, 0.2) is 5.82 Å². The van der Waals surface area contributed by atoms with Gasteiger partial charge in [0, 0.05) is 43.0 Å². The predicted octanol–water partition coefficient (Wildman–Crippen LogP) is 2.41. The van der Waals surface area contributed by atoms with Crippen LogP contribution in [0.3, 0.4) is 0 Å². The van der Waals surface area contributed by atoms with E-state index in [0.717, 1.165) is 34.9 Å². The van der Waals surface area contributed by atoms with Crippen LogP contribution in [0, 0.1) is 0 Å². The molecule has 144 valence electrons. The summed E-state index contributed by atoms with van der Waals surface area (Å²) in [6.07, 6.45) is 2.36. The van der Waals surface area contributed by atoms with Crippen LogP contribution in [-0.4, -0.2) is 40.6 Å². The third-order valence-corrected chi connectivity index (χ3v) is 4.95. The average molecular weight is 378 g/mol. The van der Waals surface area contributed by atoms with E-state index in [9.17, 15) is 4.79 Å². The zero-order valence-corrected chi connectivity index (χ0v) is 15.9. The van der Waals surface area contributed by atoms with E-state index in [1.165, 1.54) is 0 Å². The van der Waals surface area contributed by atoms with Crippen LogP contribution in [0.2, 0.25) is 0 Å². The first-order chi connectivity index (χ1) is 13.7. The first-order valence-corrected chi connectivity index (χ1v) is 9.14. The highest BCUT2D eigenvalue weighted by Gasteiger charge is 2.22. The number of rotatable bonds is 5. The van der Waals surface area contributed by atoms with Crippen LogP contribution in [0.5, 0.6) is 11.5 Å². The van der Waals surface area contributed by atoms with Crippen molar-refractivity contribution < 1.29 is 9.47 Å². The van der Waals surface area contributed by atoms with Crippen LogP contribution in [0.15, 0.2) is 47.4 Å². The van der Waals surface area contributed by atoms with Gasteiger partial charge in [-0.15, -0.1) is 0 Å². The third kappa shape index (κ3) is 3.61. The molecule has 2 aromatic heterocycles. The topological polar surface area (TPSA) is 80.3 Å². The first-order valence-electron chi connectivity index (χ1n) is 9.14. The maximum absolute atomic E-state index is 12.5. The lowest BCUT2D eigenvalue weighted by Gasteiger charge is -2.28. The summed E-state index contributed by atoms with van der Waals surface area (Å²) in [7, 11) is 3.29. The molecular formula is C21H22N4O3. The Hall–Kier alpha value is -3.19. The number of nitrogens with one attached hydrogen (secondary N) is 1. The molecule has 1 N–H and O–H groups in total. The number of aromatic amines is 1. The fourth-order valence-corrected chi connectivity index (χ4v) is 3.48. The van der Waals surface area contributed by atoms with Crippen molar-refractivity contribution in [2.75, 3.05) is 20.8 Å². The van der Waals surface area contributed by atoms with E-state index < -0.39 is 0 Å². The van der Waals surface area contributed by atoms with Gasteiger partial charge in [-0.1, -0.05) is 12.1 Å². The number of aromatic nitrogens is 3. The van der Waals surface area contributed by atoms with Crippen LogP contribution in [0.25, 0.3) is 11.5 Å². The summed E-state index contributed by atoms with van der Waals surface area (Å²) in [4.78, 5) is 26.6. The molecule has 0 spiro atoms. The predicted molar refractivity (Wildman–Crippen MR) is 105 cm³/mol. The summed E-state index contributed by atoms with van der Waals surface area (Å²) in [6.45, 7) is 2.10. The molecule has 1 aliphatic heterocycles. The van der Waals surface area contributed by atoms with Crippen molar-refractivity contribution in [3.63, 3.8) is 0 Å².